The van der Waals surface area contributed by atoms with E-state index in [4.69, 9.17) is 4.74 Å². The average molecular weight is 276 g/mol. The third-order valence-corrected chi connectivity index (χ3v) is 2.96. The molecule has 2 aromatic rings. The van der Waals surface area contributed by atoms with Gasteiger partial charge in [-0.3, -0.25) is 0 Å². The van der Waals surface area contributed by atoms with Gasteiger partial charge in [0.2, 0.25) is 0 Å². The molecule has 0 bridgehead atoms. The molecule has 0 N–H and O–H groups in total. The third kappa shape index (κ3) is 2.85. The van der Waals surface area contributed by atoms with E-state index in [0.29, 0.717) is 16.7 Å². The summed E-state index contributed by atoms with van der Waals surface area (Å²) in [5.74, 6) is -1.46. The number of esters is 1. The van der Waals surface area contributed by atoms with E-state index in [0.717, 1.165) is 6.07 Å². The van der Waals surface area contributed by atoms with Crippen LogP contribution in [0, 0.1) is 18.6 Å². The van der Waals surface area contributed by atoms with Gasteiger partial charge in [-0.15, -0.1) is 0 Å². The predicted molar refractivity (Wildman–Crippen MR) is 72.5 cm³/mol. The Labute approximate surface area is 116 Å². The number of carbonyl (C=O) groups is 1. The van der Waals surface area contributed by atoms with Crippen molar-refractivity contribution in [3.05, 3.63) is 59.2 Å². The molecule has 0 aliphatic heterocycles. The van der Waals surface area contributed by atoms with Gasteiger partial charge in [-0.1, -0.05) is 12.1 Å². The van der Waals surface area contributed by atoms with Gasteiger partial charge in [-0.2, -0.15) is 0 Å². The van der Waals surface area contributed by atoms with Crippen LogP contribution in [0.3, 0.4) is 0 Å². The Morgan fingerprint density at radius 3 is 2.25 bits per heavy atom. The van der Waals surface area contributed by atoms with Crippen LogP contribution in [0.1, 0.15) is 22.8 Å². The molecule has 0 atom stereocenters. The van der Waals surface area contributed by atoms with Crippen LogP contribution in [0.25, 0.3) is 11.1 Å². The van der Waals surface area contributed by atoms with E-state index in [-0.39, 0.29) is 18.0 Å². The molecule has 20 heavy (non-hydrogen) atoms. The number of rotatable bonds is 3. The van der Waals surface area contributed by atoms with Crippen LogP contribution < -0.4 is 0 Å². The highest BCUT2D eigenvalue weighted by molar-refractivity contribution is 5.97. The zero-order valence-corrected chi connectivity index (χ0v) is 11.2. The highest BCUT2D eigenvalue weighted by atomic mass is 19.1. The van der Waals surface area contributed by atoms with Crippen LogP contribution in [0.2, 0.25) is 0 Å². The summed E-state index contributed by atoms with van der Waals surface area (Å²) in [6.07, 6.45) is 0. The average Bonchev–Trinajstić information content (AvgIpc) is 2.39. The zero-order valence-electron chi connectivity index (χ0n) is 11.2. The maximum Gasteiger partial charge on any atom is 0.338 e. The highest BCUT2D eigenvalue weighted by Crippen LogP contribution is 2.28. The molecule has 2 nitrogen and oxygen atoms in total. The lowest BCUT2D eigenvalue weighted by Crippen LogP contribution is -2.07. The minimum absolute atomic E-state index is 0.140. The Morgan fingerprint density at radius 1 is 1.05 bits per heavy atom. The Kier molecular flexibility index (Phi) is 4.13. The fourth-order valence-corrected chi connectivity index (χ4v) is 2.06. The summed E-state index contributed by atoms with van der Waals surface area (Å²) in [6.45, 7) is 3.62. The normalized spacial score (nSPS) is 10.4. The first kappa shape index (κ1) is 14.2. The van der Waals surface area contributed by atoms with Crippen molar-refractivity contribution in [2.45, 2.75) is 13.8 Å². The maximum absolute atomic E-state index is 13.4. The summed E-state index contributed by atoms with van der Waals surface area (Å²) >= 11 is 0. The van der Waals surface area contributed by atoms with Gasteiger partial charge < -0.3 is 4.74 Å². The molecule has 0 fully saturated rings. The van der Waals surface area contributed by atoms with Gasteiger partial charge in [0.25, 0.3) is 0 Å². The molecular weight excluding hydrogens is 262 g/mol. The molecule has 0 aliphatic carbocycles. The van der Waals surface area contributed by atoms with E-state index in [9.17, 15) is 13.6 Å². The largest absolute Gasteiger partial charge is 0.462 e. The molecule has 0 aliphatic rings. The molecule has 0 spiro atoms. The van der Waals surface area contributed by atoms with Crippen LogP contribution in [-0.2, 0) is 4.74 Å². The molecule has 2 rings (SSSR count). The Bertz CT molecular complexity index is 651. The van der Waals surface area contributed by atoms with E-state index in [1.807, 2.05) is 0 Å². The summed E-state index contributed by atoms with van der Waals surface area (Å²) < 4.78 is 31.4. The van der Waals surface area contributed by atoms with Crippen molar-refractivity contribution in [2.24, 2.45) is 0 Å². The Morgan fingerprint density at radius 2 is 1.65 bits per heavy atom. The number of halogens is 2. The van der Waals surface area contributed by atoms with Crippen LogP contribution >= 0.6 is 0 Å². The predicted octanol–water partition coefficient (Wildman–Crippen LogP) is 4.12. The molecule has 2 aromatic carbocycles. The van der Waals surface area contributed by atoms with Crippen molar-refractivity contribution in [1.82, 2.24) is 0 Å². The van der Waals surface area contributed by atoms with E-state index >= 15 is 0 Å². The van der Waals surface area contributed by atoms with Crippen LogP contribution in [0.15, 0.2) is 36.4 Å². The van der Waals surface area contributed by atoms with Gasteiger partial charge in [0.15, 0.2) is 0 Å². The summed E-state index contributed by atoms with van der Waals surface area (Å²) in [6, 6.07) is 8.15. The smallest absolute Gasteiger partial charge is 0.338 e. The molecule has 104 valence electrons. The molecule has 0 saturated carbocycles. The second kappa shape index (κ2) is 5.82. The minimum atomic E-state index is -0.592. The van der Waals surface area contributed by atoms with Crippen LogP contribution in [0.5, 0.6) is 0 Å². The van der Waals surface area contributed by atoms with E-state index in [1.165, 1.54) is 24.3 Å². The summed E-state index contributed by atoms with van der Waals surface area (Å²) in [5, 5.41) is 0. The topological polar surface area (TPSA) is 26.3 Å². The standard InChI is InChI=1S/C16H14F2O2/c1-3-20-16(19)15-9-12(18)5-7-14(15)13-6-4-11(17)8-10(13)2/h4-9H,3H2,1-2H3. The van der Waals surface area contributed by atoms with Crippen LogP contribution in [-0.4, -0.2) is 12.6 Å². The number of ether oxygens (including phenoxy) is 1. The fraction of sp³-hybridized carbons (Fsp3) is 0.188. The first-order valence-electron chi connectivity index (χ1n) is 6.26. The Hall–Kier alpha value is -2.23. The monoisotopic (exact) mass is 276 g/mol. The van der Waals surface area contributed by atoms with Gasteiger partial charge in [-0.05, 0) is 54.8 Å². The van der Waals surface area contributed by atoms with E-state index < -0.39 is 11.8 Å². The number of carbonyl (C=O) groups excluding carboxylic acids is 1. The van der Waals surface area contributed by atoms with E-state index in [1.54, 1.807) is 19.9 Å². The van der Waals surface area contributed by atoms with Crippen molar-refractivity contribution in [1.29, 1.82) is 0 Å². The third-order valence-electron chi connectivity index (χ3n) is 2.96. The molecule has 0 amide bonds. The van der Waals surface area contributed by atoms with Crippen molar-refractivity contribution >= 4 is 5.97 Å². The number of hydrogen-bond acceptors (Lipinski definition) is 2. The molecule has 0 radical (unpaired) electrons. The lowest BCUT2D eigenvalue weighted by molar-refractivity contribution is 0.0526. The highest BCUT2D eigenvalue weighted by Gasteiger charge is 2.16. The molecule has 0 aromatic heterocycles. The zero-order chi connectivity index (χ0) is 14.7. The molecule has 0 unspecified atom stereocenters. The summed E-state index contributed by atoms with van der Waals surface area (Å²) in [4.78, 5) is 11.9. The molecule has 0 saturated heterocycles. The van der Waals surface area contributed by atoms with Gasteiger partial charge in [-0.25, -0.2) is 13.6 Å². The number of hydrogen-bond donors (Lipinski definition) is 0. The van der Waals surface area contributed by atoms with Crippen molar-refractivity contribution in [3.8, 4) is 11.1 Å². The lowest BCUT2D eigenvalue weighted by Gasteiger charge is -2.11. The second-order valence-electron chi connectivity index (χ2n) is 4.37. The molecule has 4 heteroatoms. The minimum Gasteiger partial charge on any atom is -0.462 e. The van der Waals surface area contributed by atoms with Gasteiger partial charge in [0, 0.05) is 0 Å². The second-order valence-corrected chi connectivity index (χ2v) is 4.37. The quantitative estimate of drug-likeness (QED) is 0.788. The first-order valence-corrected chi connectivity index (χ1v) is 6.26. The van der Waals surface area contributed by atoms with Gasteiger partial charge in [0.05, 0.1) is 12.2 Å². The van der Waals surface area contributed by atoms with Crippen molar-refractivity contribution in [2.75, 3.05) is 6.61 Å². The van der Waals surface area contributed by atoms with Gasteiger partial charge >= 0.3 is 5.97 Å². The lowest BCUT2D eigenvalue weighted by atomic mass is 9.96. The summed E-state index contributed by atoms with van der Waals surface area (Å²) in [5.41, 5.74) is 2.01. The van der Waals surface area contributed by atoms with Crippen molar-refractivity contribution in [3.63, 3.8) is 0 Å². The summed E-state index contributed by atoms with van der Waals surface area (Å²) in [7, 11) is 0. The van der Waals surface area contributed by atoms with Gasteiger partial charge in [0.1, 0.15) is 11.6 Å². The maximum atomic E-state index is 13.4. The fourth-order valence-electron chi connectivity index (χ4n) is 2.06. The first-order chi connectivity index (χ1) is 9.52. The SMILES string of the molecule is CCOC(=O)c1cc(F)ccc1-c1ccc(F)cc1C. The van der Waals surface area contributed by atoms with Crippen molar-refractivity contribution < 1.29 is 18.3 Å². The van der Waals surface area contributed by atoms with Crippen LogP contribution in [0.4, 0.5) is 8.78 Å². The number of benzene rings is 2. The molecule has 0 heterocycles. The Balaban J connectivity index is 2.58. The van der Waals surface area contributed by atoms with E-state index in [2.05, 4.69) is 0 Å². The molecular formula is C16H14F2O2. The number of aryl methyl sites for hydroxylation is 1.